The predicted molar refractivity (Wildman–Crippen MR) is 75.3 cm³/mol. The Balaban J connectivity index is 2.25. The summed E-state index contributed by atoms with van der Waals surface area (Å²) in [6, 6.07) is -0.0998. The van der Waals surface area contributed by atoms with Crippen LogP contribution in [0.25, 0.3) is 0 Å². The Morgan fingerprint density at radius 3 is 2.63 bits per heavy atom. The van der Waals surface area contributed by atoms with Crippen LogP contribution in [0.4, 0.5) is 0 Å². The smallest absolute Gasteiger partial charge is 0.237 e. The maximum atomic E-state index is 11.9. The highest BCUT2D eigenvalue weighted by atomic mass is 32.2. The lowest BCUT2D eigenvalue weighted by molar-refractivity contribution is -0.123. The molecule has 0 bridgehead atoms. The van der Waals surface area contributed by atoms with Gasteiger partial charge in [0.1, 0.15) is 0 Å². The molecule has 1 saturated heterocycles. The van der Waals surface area contributed by atoms with Crippen molar-refractivity contribution in [1.29, 1.82) is 0 Å². The van der Waals surface area contributed by atoms with Gasteiger partial charge in [-0.3, -0.25) is 4.79 Å². The lowest BCUT2D eigenvalue weighted by Gasteiger charge is -2.19. The van der Waals surface area contributed by atoms with Gasteiger partial charge in [-0.1, -0.05) is 13.8 Å². The van der Waals surface area contributed by atoms with E-state index in [1.807, 2.05) is 6.92 Å². The second-order valence-electron chi connectivity index (χ2n) is 5.10. The second kappa shape index (κ2) is 7.21. The van der Waals surface area contributed by atoms with Gasteiger partial charge in [0, 0.05) is 19.6 Å². The molecule has 1 aliphatic heterocycles. The zero-order valence-electron chi connectivity index (χ0n) is 12.0. The molecule has 6 nitrogen and oxygen atoms in total. The van der Waals surface area contributed by atoms with Gasteiger partial charge in [-0.2, -0.15) is 0 Å². The first-order valence-corrected chi connectivity index (χ1v) is 8.67. The van der Waals surface area contributed by atoms with Crippen molar-refractivity contribution in [3.63, 3.8) is 0 Å². The molecule has 2 atom stereocenters. The molecule has 0 radical (unpaired) electrons. The van der Waals surface area contributed by atoms with Gasteiger partial charge >= 0.3 is 0 Å². The lowest BCUT2D eigenvalue weighted by atomic mass is 10.0. The number of nitrogens with one attached hydrogen (secondary N) is 2. The van der Waals surface area contributed by atoms with Crippen molar-refractivity contribution in [2.75, 3.05) is 32.4 Å². The largest absolute Gasteiger partial charge is 0.355 e. The van der Waals surface area contributed by atoms with E-state index in [0.717, 1.165) is 13.0 Å². The molecular formula is C12H25N3O3S. The van der Waals surface area contributed by atoms with E-state index in [1.165, 1.54) is 10.6 Å². The standard InChI is InChI=1S/C12H25N3O3S/c1-4-15(19(3,17)18)9-5-7-14-12(16)11-10(2)6-8-13-11/h10-11,13H,4-9H2,1-3H3,(H,14,16). The molecular weight excluding hydrogens is 266 g/mol. The van der Waals surface area contributed by atoms with Crippen LogP contribution in [-0.2, 0) is 14.8 Å². The number of sulfonamides is 1. The molecule has 112 valence electrons. The molecule has 1 rings (SSSR count). The second-order valence-corrected chi connectivity index (χ2v) is 7.08. The Kier molecular flexibility index (Phi) is 6.22. The molecule has 0 aliphatic carbocycles. The van der Waals surface area contributed by atoms with Crippen molar-refractivity contribution in [3.8, 4) is 0 Å². The van der Waals surface area contributed by atoms with Gasteiger partial charge in [0.15, 0.2) is 0 Å². The van der Waals surface area contributed by atoms with Crippen LogP contribution in [0.15, 0.2) is 0 Å². The fourth-order valence-corrected chi connectivity index (χ4v) is 3.25. The number of hydrogen-bond acceptors (Lipinski definition) is 4. The van der Waals surface area contributed by atoms with Gasteiger partial charge in [-0.15, -0.1) is 0 Å². The van der Waals surface area contributed by atoms with E-state index < -0.39 is 10.0 Å². The van der Waals surface area contributed by atoms with Crippen molar-refractivity contribution in [2.24, 2.45) is 5.92 Å². The van der Waals surface area contributed by atoms with Crippen molar-refractivity contribution in [2.45, 2.75) is 32.7 Å². The van der Waals surface area contributed by atoms with Gasteiger partial charge in [-0.25, -0.2) is 12.7 Å². The number of rotatable bonds is 7. The number of carbonyl (C=O) groups excluding carboxylic acids is 1. The van der Waals surface area contributed by atoms with Gasteiger partial charge < -0.3 is 10.6 Å². The minimum atomic E-state index is -3.13. The minimum absolute atomic E-state index is 0.0207. The average Bonchev–Trinajstić information content (AvgIpc) is 2.73. The maximum absolute atomic E-state index is 11.9. The van der Waals surface area contributed by atoms with E-state index >= 15 is 0 Å². The fourth-order valence-electron chi connectivity index (χ4n) is 2.32. The van der Waals surface area contributed by atoms with E-state index in [0.29, 0.717) is 32.0 Å². The average molecular weight is 291 g/mol. The van der Waals surface area contributed by atoms with E-state index in [4.69, 9.17) is 0 Å². The van der Waals surface area contributed by atoms with E-state index in [1.54, 1.807) is 0 Å². The van der Waals surface area contributed by atoms with Crippen molar-refractivity contribution in [1.82, 2.24) is 14.9 Å². The van der Waals surface area contributed by atoms with Crippen LogP contribution >= 0.6 is 0 Å². The monoisotopic (exact) mass is 291 g/mol. The lowest BCUT2D eigenvalue weighted by Crippen LogP contribution is -2.44. The Morgan fingerprint density at radius 2 is 2.16 bits per heavy atom. The maximum Gasteiger partial charge on any atom is 0.237 e. The van der Waals surface area contributed by atoms with Crippen LogP contribution in [0.2, 0.25) is 0 Å². The molecule has 1 aliphatic rings. The van der Waals surface area contributed by atoms with Crippen molar-refractivity contribution >= 4 is 15.9 Å². The first-order valence-electron chi connectivity index (χ1n) is 6.82. The summed E-state index contributed by atoms with van der Waals surface area (Å²) >= 11 is 0. The third-order valence-corrected chi connectivity index (χ3v) is 4.90. The Labute approximate surface area is 116 Å². The molecule has 0 spiro atoms. The third-order valence-electron chi connectivity index (χ3n) is 3.52. The SMILES string of the molecule is CCN(CCCNC(=O)C1NCCC1C)S(C)(=O)=O. The summed E-state index contributed by atoms with van der Waals surface area (Å²) < 4.78 is 24.2. The Bertz CT molecular complexity index is 397. The molecule has 0 aromatic rings. The Morgan fingerprint density at radius 1 is 1.47 bits per heavy atom. The molecule has 1 amide bonds. The first-order chi connectivity index (χ1) is 8.86. The van der Waals surface area contributed by atoms with E-state index in [2.05, 4.69) is 17.6 Å². The number of hydrogen-bond donors (Lipinski definition) is 2. The zero-order valence-corrected chi connectivity index (χ0v) is 12.8. The molecule has 1 fully saturated rings. The molecule has 1 heterocycles. The van der Waals surface area contributed by atoms with Crippen molar-refractivity contribution < 1.29 is 13.2 Å². The van der Waals surface area contributed by atoms with Gasteiger partial charge in [0.2, 0.25) is 15.9 Å². The number of amides is 1. The summed E-state index contributed by atoms with van der Waals surface area (Å²) in [4.78, 5) is 11.9. The molecule has 19 heavy (non-hydrogen) atoms. The number of nitrogens with zero attached hydrogens (tertiary/aromatic N) is 1. The minimum Gasteiger partial charge on any atom is -0.355 e. The summed E-state index contributed by atoms with van der Waals surface area (Å²) in [6.45, 7) is 6.18. The third kappa shape index (κ3) is 5.08. The highest BCUT2D eigenvalue weighted by Crippen LogP contribution is 2.14. The van der Waals surface area contributed by atoms with Gasteiger partial charge in [0.05, 0.1) is 12.3 Å². The van der Waals surface area contributed by atoms with Crippen molar-refractivity contribution in [3.05, 3.63) is 0 Å². The van der Waals surface area contributed by atoms with E-state index in [9.17, 15) is 13.2 Å². The van der Waals surface area contributed by atoms with Gasteiger partial charge in [-0.05, 0) is 25.3 Å². The normalized spacial score (nSPS) is 23.8. The Hall–Kier alpha value is -0.660. The zero-order chi connectivity index (χ0) is 14.5. The summed E-state index contributed by atoms with van der Waals surface area (Å²) in [5, 5.41) is 6.04. The highest BCUT2D eigenvalue weighted by Gasteiger charge is 2.28. The van der Waals surface area contributed by atoms with Crippen LogP contribution in [0.1, 0.15) is 26.7 Å². The molecule has 2 unspecified atom stereocenters. The van der Waals surface area contributed by atoms with Crippen LogP contribution < -0.4 is 10.6 Å². The fraction of sp³-hybridized carbons (Fsp3) is 0.917. The summed E-state index contributed by atoms with van der Waals surface area (Å²) in [5.74, 6) is 0.385. The van der Waals surface area contributed by atoms with Gasteiger partial charge in [0.25, 0.3) is 0 Å². The molecule has 0 saturated carbocycles. The topological polar surface area (TPSA) is 78.5 Å². The first kappa shape index (κ1) is 16.4. The van der Waals surface area contributed by atoms with Crippen LogP contribution in [-0.4, -0.2) is 57.1 Å². The summed E-state index contributed by atoms with van der Waals surface area (Å²) in [7, 11) is -3.13. The molecule has 0 aromatic heterocycles. The quantitative estimate of drug-likeness (QED) is 0.635. The molecule has 0 aromatic carbocycles. The number of carbonyl (C=O) groups is 1. The van der Waals surface area contributed by atoms with Crippen LogP contribution in [0, 0.1) is 5.92 Å². The van der Waals surface area contributed by atoms with Crippen LogP contribution in [0.5, 0.6) is 0 Å². The highest BCUT2D eigenvalue weighted by molar-refractivity contribution is 7.88. The summed E-state index contributed by atoms with van der Waals surface area (Å²) in [6.07, 6.45) is 2.86. The summed E-state index contributed by atoms with van der Waals surface area (Å²) in [5.41, 5.74) is 0. The molecule has 2 N–H and O–H groups in total. The van der Waals surface area contributed by atoms with E-state index in [-0.39, 0.29) is 11.9 Å². The van der Waals surface area contributed by atoms with Crippen LogP contribution in [0.3, 0.4) is 0 Å². The predicted octanol–water partition coefficient (Wildman–Crippen LogP) is -0.228. The molecule has 7 heteroatoms.